The summed E-state index contributed by atoms with van der Waals surface area (Å²) >= 11 is 0. The molecule has 0 saturated heterocycles. The number of benzene rings is 2. The van der Waals surface area contributed by atoms with Crippen molar-refractivity contribution in [2.45, 2.75) is 25.9 Å². The summed E-state index contributed by atoms with van der Waals surface area (Å²) in [6.45, 7) is 1.35. The summed E-state index contributed by atoms with van der Waals surface area (Å²) < 4.78 is 28.6. The summed E-state index contributed by atoms with van der Waals surface area (Å²) in [5.41, 5.74) is 0.222. The van der Waals surface area contributed by atoms with Gasteiger partial charge in [0, 0.05) is 12.0 Å². The Morgan fingerprint density at radius 2 is 1.97 bits per heavy atom. The Labute approximate surface area is 187 Å². The van der Waals surface area contributed by atoms with Gasteiger partial charge in [-0.3, -0.25) is 19.7 Å². The Hall–Kier alpha value is -4.28. The molecule has 3 aromatic rings. The molecule has 1 amide bonds. The van der Waals surface area contributed by atoms with E-state index in [-0.39, 0.29) is 41.7 Å². The van der Waals surface area contributed by atoms with Crippen molar-refractivity contribution in [3.05, 3.63) is 70.5 Å². The number of ether oxygens (including phenoxy) is 2. The molecule has 1 N–H and O–H groups in total. The van der Waals surface area contributed by atoms with Crippen LogP contribution < -0.4 is 10.1 Å². The highest BCUT2D eigenvalue weighted by Crippen LogP contribution is 2.29. The molecule has 0 radical (unpaired) electrons. The molecule has 1 aromatic heterocycles. The number of nitrogens with one attached hydrogen (secondary N) is 1. The molecule has 0 aliphatic heterocycles. The first-order valence-electron chi connectivity index (χ1n) is 9.80. The number of aryl methyl sites for hydroxylation is 1. The molecule has 0 fully saturated rings. The summed E-state index contributed by atoms with van der Waals surface area (Å²) in [5.74, 6) is -0.825. The molecule has 1 atom stereocenters. The number of amides is 1. The third-order valence-corrected chi connectivity index (χ3v) is 4.56. The molecular formula is C22H20FN3O7. The number of nitro benzene ring substituents is 1. The van der Waals surface area contributed by atoms with Crippen LogP contribution >= 0.6 is 0 Å². The fourth-order valence-electron chi connectivity index (χ4n) is 2.82. The maximum Gasteiger partial charge on any atom is 0.307 e. The van der Waals surface area contributed by atoms with Crippen molar-refractivity contribution in [3.8, 4) is 17.1 Å². The van der Waals surface area contributed by atoms with Crippen LogP contribution in [-0.2, 0) is 20.7 Å². The van der Waals surface area contributed by atoms with Gasteiger partial charge in [0.2, 0.25) is 0 Å². The Morgan fingerprint density at radius 3 is 2.64 bits per heavy atom. The van der Waals surface area contributed by atoms with Gasteiger partial charge in [0.05, 0.1) is 30.7 Å². The monoisotopic (exact) mass is 457 g/mol. The van der Waals surface area contributed by atoms with Crippen LogP contribution in [0.5, 0.6) is 5.75 Å². The molecular weight excluding hydrogens is 437 g/mol. The second-order valence-corrected chi connectivity index (χ2v) is 6.89. The highest BCUT2D eigenvalue weighted by Gasteiger charge is 2.23. The average Bonchev–Trinajstić information content (AvgIpc) is 3.27. The van der Waals surface area contributed by atoms with Crippen LogP contribution in [0, 0.1) is 15.9 Å². The number of hydrogen-bond acceptors (Lipinski definition) is 8. The number of carbonyl (C=O) groups excluding carboxylic acids is 2. The van der Waals surface area contributed by atoms with Crippen molar-refractivity contribution in [1.29, 1.82) is 0 Å². The van der Waals surface area contributed by atoms with Crippen molar-refractivity contribution < 1.29 is 32.8 Å². The molecule has 33 heavy (non-hydrogen) atoms. The molecule has 0 bridgehead atoms. The van der Waals surface area contributed by atoms with E-state index in [1.807, 2.05) is 0 Å². The van der Waals surface area contributed by atoms with Crippen LogP contribution in [0.1, 0.15) is 19.2 Å². The second kappa shape index (κ2) is 10.4. The predicted octanol–water partition coefficient (Wildman–Crippen LogP) is 3.90. The largest absolute Gasteiger partial charge is 0.496 e. The second-order valence-electron chi connectivity index (χ2n) is 6.89. The van der Waals surface area contributed by atoms with Crippen molar-refractivity contribution in [3.63, 3.8) is 0 Å². The highest BCUT2D eigenvalue weighted by molar-refractivity contribution is 5.97. The van der Waals surface area contributed by atoms with Crippen molar-refractivity contribution >= 4 is 23.3 Å². The van der Waals surface area contributed by atoms with Gasteiger partial charge in [0.25, 0.3) is 11.6 Å². The topological polar surface area (TPSA) is 134 Å². The zero-order valence-electron chi connectivity index (χ0n) is 17.7. The number of nitrogens with zero attached hydrogens (tertiary/aromatic N) is 2. The van der Waals surface area contributed by atoms with Gasteiger partial charge in [0.1, 0.15) is 17.3 Å². The highest BCUT2D eigenvalue weighted by atomic mass is 19.1. The minimum Gasteiger partial charge on any atom is -0.496 e. The smallest absolute Gasteiger partial charge is 0.307 e. The van der Waals surface area contributed by atoms with Crippen molar-refractivity contribution in [2.24, 2.45) is 0 Å². The van der Waals surface area contributed by atoms with Crippen molar-refractivity contribution in [2.75, 3.05) is 12.4 Å². The first-order valence-corrected chi connectivity index (χ1v) is 9.80. The molecule has 1 heterocycles. The van der Waals surface area contributed by atoms with E-state index in [0.29, 0.717) is 11.3 Å². The summed E-state index contributed by atoms with van der Waals surface area (Å²) in [7, 11) is 1.36. The molecule has 0 spiro atoms. The third-order valence-electron chi connectivity index (χ3n) is 4.56. The van der Waals surface area contributed by atoms with E-state index in [4.69, 9.17) is 13.9 Å². The number of esters is 1. The summed E-state index contributed by atoms with van der Waals surface area (Å²) in [6, 6.07) is 9.62. The minimum absolute atomic E-state index is 0.0539. The first-order chi connectivity index (χ1) is 15.8. The number of nitro groups is 1. The van der Waals surface area contributed by atoms with E-state index >= 15 is 0 Å². The molecule has 0 aliphatic carbocycles. The number of halogens is 1. The zero-order chi connectivity index (χ0) is 24.0. The summed E-state index contributed by atoms with van der Waals surface area (Å²) in [6.07, 6.45) is 0.284. The zero-order valence-corrected chi connectivity index (χ0v) is 17.7. The lowest BCUT2D eigenvalue weighted by molar-refractivity contribution is -0.384. The number of oxazole rings is 1. The van der Waals surface area contributed by atoms with Gasteiger partial charge >= 0.3 is 5.97 Å². The quantitative estimate of drug-likeness (QED) is 0.290. The Bertz CT molecular complexity index is 1160. The maximum atomic E-state index is 13.0. The number of methoxy groups -OCH3 is 1. The molecule has 2 aromatic carbocycles. The molecule has 172 valence electrons. The molecule has 10 nitrogen and oxygen atoms in total. The van der Waals surface area contributed by atoms with Crippen LogP contribution in [0.3, 0.4) is 0 Å². The van der Waals surface area contributed by atoms with Gasteiger partial charge in [-0.1, -0.05) is 0 Å². The lowest BCUT2D eigenvalue weighted by atomic mass is 10.2. The normalized spacial score (nSPS) is 11.5. The fourth-order valence-corrected chi connectivity index (χ4v) is 2.82. The van der Waals surface area contributed by atoms with Gasteiger partial charge in [-0.2, -0.15) is 0 Å². The van der Waals surface area contributed by atoms with Crippen LogP contribution in [0.4, 0.5) is 15.8 Å². The molecule has 0 aliphatic rings. The van der Waals surface area contributed by atoms with Gasteiger partial charge in [-0.05, 0) is 43.3 Å². The van der Waals surface area contributed by atoms with Gasteiger partial charge < -0.3 is 19.2 Å². The first kappa shape index (κ1) is 23.4. The Balaban J connectivity index is 1.53. The van der Waals surface area contributed by atoms with Gasteiger partial charge in [0.15, 0.2) is 17.8 Å². The maximum absolute atomic E-state index is 13.0. The van der Waals surface area contributed by atoms with E-state index in [2.05, 4.69) is 10.3 Å². The summed E-state index contributed by atoms with van der Waals surface area (Å²) in [4.78, 5) is 39.1. The van der Waals surface area contributed by atoms with E-state index in [1.54, 1.807) is 12.1 Å². The van der Waals surface area contributed by atoms with Crippen LogP contribution in [0.25, 0.3) is 11.3 Å². The van der Waals surface area contributed by atoms with E-state index < -0.39 is 22.9 Å². The van der Waals surface area contributed by atoms with Crippen LogP contribution in [-0.4, -0.2) is 35.0 Å². The van der Waals surface area contributed by atoms with Gasteiger partial charge in [-0.15, -0.1) is 0 Å². The fraction of sp³-hybridized carbons (Fsp3) is 0.227. The standard InChI is InChI=1S/C22H20FN3O7/c1-13(22(28)25-17-8-7-16(31-2)11-18(17)26(29)30)32-21(27)10-9-20-24-12-19(33-20)14-3-5-15(23)6-4-14/h3-8,11-13H,9-10H2,1-2H3,(H,25,28). The number of carbonyl (C=O) groups is 2. The van der Waals surface area contributed by atoms with Crippen LogP contribution in [0.15, 0.2) is 53.1 Å². The SMILES string of the molecule is COc1ccc(NC(=O)C(C)OC(=O)CCc2ncc(-c3ccc(F)cc3)o2)c([N+](=O)[O-])c1. The van der Waals surface area contributed by atoms with Crippen molar-refractivity contribution in [1.82, 2.24) is 4.98 Å². The van der Waals surface area contributed by atoms with E-state index in [1.165, 1.54) is 50.6 Å². The van der Waals surface area contributed by atoms with E-state index in [0.717, 1.165) is 0 Å². The van der Waals surface area contributed by atoms with Crippen LogP contribution in [0.2, 0.25) is 0 Å². The number of rotatable bonds is 9. The lowest BCUT2D eigenvalue weighted by Crippen LogP contribution is -2.30. The predicted molar refractivity (Wildman–Crippen MR) is 114 cm³/mol. The summed E-state index contributed by atoms with van der Waals surface area (Å²) in [5, 5.41) is 13.6. The molecule has 0 saturated carbocycles. The number of anilines is 1. The average molecular weight is 457 g/mol. The lowest BCUT2D eigenvalue weighted by Gasteiger charge is -2.13. The molecule has 11 heteroatoms. The molecule has 3 rings (SSSR count). The van der Waals surface area contributed by atoms with E-state index in [9.17, 15) is 24.1 Å². The third kappa shape index (κ3) is 6.12. The Kier molecular flexibility index (Phi) is 7.34. The number of aromatic nitrogens is 1. The molecule has 1 unspecified atom stereocenters. The minimum atomic E-state index is -1.20. The Morgan fingerprint density at radius 1 is 1.24 bits per heavy atom. The number of hydrogen-bond donors (Lipinski definition) is 1. The van der Waals surface area contributed by atoms with Gasteiger partial charge in [-0.25, -0.2) is 9.37 Å².